The van der Waals surface area contributed by atoms with E-state index in [1.54, 1.807) is 6.20 Å². The summed E-state index contributed by atoms with van der Waals surface area (Å²) >= 11 is 0. The van der Waals surface area contributed by atoms with Crippen LogP contribution in [0.25, 0.3) is 0 Å². The molecule has 0 bridgehead atoms. The van der Waals surface area contributed by atoms with Crippen molar-refractivity contribution in [3.63, 3.8) is 0 Å². The maximum atomic E-state index is 8.61. The van der Waals surface area contributed by atoms with E-state index < -0.39 is 0 Å². The molecule has 74 valence electrons. The minimum Gasteiger partial charge on any atom is -0.446 e. The van der Waals surface area contributed by atoms with Crippen LogP contribution in [0.5, 0.6) is 0 Å². The first kappa shape index (κ1) is 10.3. The van der Waals surface area contributed by atoms with Gasteiger partial charge in [-0.3, -0.25) is 0 Å². The Bertz CT molecular complexity index is 243. The van der Waals surface area contributed by atoms with Crippen molar-refractivity contribution in [1.82, 2.24) is 4.98 Å². The monoisotopic (exact) mass is 183 g/mol. The van der Waals surface area contributed by atoms with Crippen LogP contribution in [0.3, 0.4) is 0 Å². The number of hydrogen-bond donors (Lipinski definition) is 1. The van der Waals surface area contributed by atoms with E-state index in [-0.39, 0.29) is 6.61 Å². The Morgan fingerprint density at radius 3 is 2.92 bits per heavy atom. The van der Waals surface area contributed by atoms with Gasteiger partial charge in [0, 0.05) is 19.4 Å². The van der Waals surface area contributed by atoms with Gasteiger partial charge in [-0.25, -0.2) is 4.98 Å². The number of aliphatic hydroxyl groups is 1. The SMILES string of the molecule is CC(C)Cc1cnc(CCCO)o1. The molecule has 0 aliphatic carbocycles. The van der Waals surface area contributed by atoms with Crippen molar-refractivity contribution < 1.29 is 9.52 Å². The molecular weight excluding hydrogens is 166 g/mol. The highest BCUT2D eigenvalue weighted by molar-refractivity contribution is 4.95. The van der Waals surface area contributed by atoms with Crippen LogP contribution in [0.15, 0.2) is 10.6 Å². The van der Waals surface area contributed by atoms with Crippen LogP contribution in [0, 0.1) is 5.92 Å². The molecule has 1 N–H and O–H groups in total. The number of hydrogen-bond acceptors (Lipinski definition) is 3. The van der Waals surface area contributed by atoms with E-state index in [1.165, 1.54) is 0 Å². The fraction of sp³-hybridized carbons (Fsp3) is 0.700. The summed E-state index contributed by atoms with van der Waals surface area (Å²) in [6.45, 7) is 4.49. The Morgan fingerprint density at radius 2 is 2.31 bits per heavy atom. The summed E-state index contributed by atoms with van der Waals surface area (Å²) in [5, 5.41) is 8.61. The standard InChI is InChI=1S/C10H17NO2/c1-8(2)6-9-7-11-10(13-9)4-3-5-12/h7-8,12H,3-6H2,1-2H3. The molecule has 13 heavy (non-hydrogen) atoms. The van der Waals surface area contributed by atoms with Crippen LogP contribution >= 0.6 is 0 Å². The lowest BCUT2D eigenvalue weighted by Crippen LogP contribution is -1.91. The van der Waals surface area contributed by atoms with Crippen molar-refractivity contribution in [3.8, 4) is 0 Å². The third-order valence-electron chi connectivity index (χ3n) is 1.76. The van der Waals surface area contributed by atoms with Gasteiger partial charge in [0.2, 0.25) is 0 Å². The first-order chi connectivity index (χ1) is 6.22. The molecule has 1 heterocycles. The molecule has 0 amide bonds. The predicted octanol–water partition coefficient (Wildman–Crippen LogP) is 1.80. The summed E-state index contributed by atoms with van der Waals surface area (Å²) in [7, 11) is 0. The smallest absolute Gasteiger partial charge is 0.194 e. The second-order valence-electron chi connectivity index (χ2n) is 3.65. The van der Waals surface area contributed by atoms with Gasteiger partial charge < -0.3 is 9.52 Å². The summed E-state index contributed by atoms with van der Waals surface area (Å²) in [5.74, 6) is 2.28. The van der Waals surface area contributed by atoms with Crippen LogP contribution in [0.1, 0.15) is 31.9 Å². The second-order valence-corrected chi connectivity index (χ2v) is 3.65. The number of aliphatic hydroxyl groups excluding tert-OH is 1. The van der Waals surface area contributed by atoms with Crippen molar-refractivity contribution in [3.05, 3.63) is 17.8 Å². The van der Waals surface area contributed by atoms with Crippen LogP contribution in [-0.2, 0) is 12.8 Å². The van der Waals surface area contributed by atoms with Gasteiger partial charge in [-0.15, -0.1) is 0 Å². The van der Waals surface area contributed by atoms with Gasteiger partial charge in [-0.2, -0.15) is 0 Å². The summed E-state index contributed by atoms with van der Waals surface area (Å²) in [6, 6.07) is 0. The van der Waals surface area contributed by atoms with Crippen molar-refractivity contribution in [2.75, 3.05) is 6.61 Å². The van der Waals surface area contributed by atoms with Gasteiger partial charge in [0.1, 0.15) is 5.76 Å². The van der Waals surface area contributed by atoms with Crippen LogP contribution < -0.4 is 0 Å². The van der Waals surface area contributed by atoms with Gasteiger partial charge in [0.15, 0.2) is 5.89 Å². The molecule has 1 rings (SSSR count). The van der Waals surface area contributed by atoms with Crippen LogP contribution in [0.2, 0.25) is 0 Å². The number of aromatic nitrogens is 1. The number of aryl methyl sites for hydroxylation is 1. The van der Waals surface area contributed by atoms with Gasteiger partial charge >= 0.3 is 0 Å². The van der Waals surface area contributed by atoms with Gasteiger partial charge in [0.25, 0.3) is 0 Å². The maximum absolute atomic E-state index is 8.61. The molecule has 0 unspecified atom stereocenters. The van der Waals surface area contributed by atoms with E-state index in [1.807, 2.05) is 0 Å². The van der Waals surface area contributed by atoms with E-state index in [4.69, 9.17) is 9.52 Å². The highest BCUT2D eigenvalue weighted by Crippen LogP contribution is 2.10. The topological polar surface area (TPSA) is 46.3 Å². The lowest BCUT2D eigenvalue weighted by molar-refractivity contribution is 0.282. The molecule has 0 spiro atoms. The third-order valence-corrected chi connectivity index (χ3v) is 1.76. The number of rotatable bonds is 5. The van der Waals surface area contributed by atoms with E-state index in [0.29, 0.717) is 5.92 Å². The summed E-state index contributed by atoms with van der Waals surface area (Å²) in [4.78, 5) is 4.13. The number of oxazole rings is 1. The van der Waals surface area contributed by atoms with Gasteiger partial charge in [-0.05, 0) is 12.3 Å². The minimum atomic E-state index is 0.196. The highest BCUT2D eigenvalue weighted by atomic mass is 16.4. The zero-order valence-electron chi connectivity index (χ0n) is 8.29. The molecule has 0 aromatic carbocycles. The van der Waals surface area contributed by atoms with E-state index in [0.717, 1.165) is 30.9 Å². The zero-order chi connectivity index (χ0) is 9.68. The van der Waals surface area contributed by atoms with E-state index in [9.17, 15) is 0 Å². The highest BCUT2D eigenvalue weighted by Gasteiger charge is 2.04. The molecule has 0 saturated heterocycles. The fourth-order valence-corrected chi connectivity index (χ4v) is 1.19. The van der Waals surface area contributed by atoms with E-state index >= 15 is 0 Å². The van der Waals surface area contributed by atoms with Crippen molar-refractivity contribution in [2.24, 2.45) is 5.92 Å². The van der Waals surface area contributed by atoms with Gasteiger partial charge in [0.05, 0.1) is 6.20 Å². The Kier molecular flexibility index (Phi) is 3.96. The predicted molar refractivity (Wildman–Crippen MR) is 50.5 cm³/mol. The Balaban J connectivity index is 2.44. The first-order valence-corrected chi connectivity index (χ1v) is 4.77. The van der Waals surface area contributed by atoms with Crippen LogP contribution in [0.4, 0.5) is 0 Å². The zero-order valence-corrected chi connectivity index (χ0v) is 8.29. The second kappa shape index (κ2) is 5.02. The van der Waals surface area contributed by atoms with E-state index in [2.05, 4.69) is 18.8 Å². The average molecular weight is 183 g/mol. The fourth-order valence-electron chi connectivity index (χ4n) is 1.19. The molecule has 0 aliphatic rings. The van der Waals surface area contributed by atoms with Crippen molar-refractivity contribution in [2.45, 2.75) is 33.1 Å². The third kappa shape index (κ3) is 3.59. The van der Waals surface area contributed by atoms with Crippen molar-refractivity contribution in [1.29, 1.82) is 0 Å². The molecule has 3 nitrogen and oxygen atoms in total. The largest absolute Gasteiger partial charge is 0.446 e. The molecule has 0 atom stereocenters. The molecular formula is C10H17NO2. The molecule has 1 aromatic heterocycles. The minimum absolute atomic E-state index is 0.196. The number of nitrogens with zero attached hydrogens (tertiary/aromatic N) is 1. The summed E-state index contributed by atoms with van der Waals surface area (Å²) in [5.41, 5.74) is 0. The molecule has 0 saturated carbocycles. The van der Waals surface area contributed by atoms with Crippen LogP contribution in [-0.4, -0.2) is 16.7 Å². The van der Waals surface area contributed by atoms with Gasteiger partial charge in [-0.1, -0.05) is 13.8 Å². The average Bonchev–Trinajstić information content (AvgIpc) is 2.48. The first-order valence-electron chi connectivity index (χ1n) is 4.77. The Labute approximate surface area is 78.8 Å². The quantitative estimate of drug-likeness (QED) is 0.757. The Hall–Kier alpha value is -0.830. The molecule has 0 aliphatic heterocycles. The van der Waals surface area contributed by atoms with Crippen molar-refractivity contribution >= 4 is 0 Å². The molecule has 0 radical (unpaired) electrons. The summed E-state index contributed by atoms with van der Waals surface area (Å²) < 4.78 is 5.47. The Morgan fingerprint density at radius 1 is 1.54 bits per heavy atom. The molecule has 3 heteroatoms. The summed E-state index contributed by atoms with van der Waals surface area (Å²) in [6.07, 6.45) is 4.18. The molecule has 0 fully saturated rings. The molecule has 1 aromatic rings. The maximum Gasteiger partial charge on any atom is 0.194 e. The lowest BCUT2D eigenvalue weighted by Gasteiger charge is -1.98. The lowest BCUT2D eigenvalue weighted by atomic mass is 10.1. The normalized spacial score (nSPS) is 11.1.